The number of aromatic nitrogens is 2. The topological polar surface area (TPSA) is 90.3 Å². The molecule has 0 saturated carbocycles. The standard InChI is InChI=1S/C21H18FN3O4/c1-12-4-6-14(10-16(12)22)23-19(26)11-29-21(28)13-5-7-15-17(9-13)24-18-3-2-8-25(18)20(15)27/h4-7,9-10H,2-3,8,11H2,1H3,(H,23,26). The molecule has 0 bridgehead atoms. The Morgan fingerprint density at radius 1 is 1.24 bits per heavy atom. The molecule has 148 valence electrons. The summed E-state index contributed by atoms with van der Waals surface area (Å²) in [7, 11) is 0. The van der Waals surface area contributed by atoms with Gasteiger partial charge in [-0.2, -0.15) is 0 Å². The fraction of sp³-hybridized carbons (Fsp3) is 0.238. The van der Waals surface area contributed by atoms with E-state index in [-0.39, 0.29) is 16.8 Å². The van der Waals surface area contributed by atoms with Gasteiger partial charge in [0, 0.05) is 18.7 Å². The molecular formula is C21H18FN3O4. The van der Waals surface area contributed by atoms with Crippen LogP contribution in [0.25, 0.3) is 10.9 Å². The van der Waals surface area contributed by atoms with Gasteiger partial charge >= 0.3 is 5.97 Å². The predicted molar refractivity (Wildman–Crippen MR) is 104 cm³/mol. The highest BCUT2D eigenvalue weighted by Crippen LogP contribution is 2.17. The normalized spacial score (nSPS) is 12.6. The van der Waals surface area contributed by atoms with Crippen LogP contribution in [-0.4, -0.2) is 28.0 Å². The van der Waals surface area contributed by atoms with E-state index in [1.54, 1.807) is 29.7 Å². The minimum absolute atomic E-state index is 0.118. The van der Waals surface area contributed by atoms with E-state index in [0.717, 1.165) is 12.8 Å². The zero-order valence-electron chi connectivity index (χ0n) is 15.7. The van der Waals surface area contributed by atoms with Crippen LogP contribution in [-0.2, 0) is 22.5 Å². The van der Waals surface area contributed by atoms with Crippen LogP contribution in [0.4, 0.5) is 10.1 Å². The van der Waals surface area contributed by atoms with Gasteiger partial charge in [-0.1, -0.05) is 6.07 Å². The molecular weight excluding hydrogens is 377 g/mol. The molecule has 1 aliphatic rings. The Bertz CT molecular complexity index is 1200. The van der Waals surface area contributed by atoms with Crippen molar-refractivity contribution in [1.29, 1.82) is 0 Å². The maximum absolute atomic E-state index is 13.5. The Labute approximate surface area is 165 Å². The molecule has 2 heterocycles. The molecule has 1 aromatic heterocycles. The molecule has 0 radical (unpaired) electrons. The summed E-state index contributed by atoms with van der Waals surface area (Å²) in [6, 6.07) is 8.81. The van der Waals surface area contributed by atoms with Crippen LogP contribution < -0.4 is 10.9 Å². The van der Waals surface area contributed by atoms with Gasteiger partial charge in [-0.15, -0.1) is 0 Å². The summed E-state index contributed by atoms with van der Waals surface area (Å²) in [6.07, 6.45) is 1.59. The molecule has 1 amide bonds. The first-order chi connectivity index (χ1) is 13.9. The van der Waals surface area contributed by atoms with E-state index in [1.807, 2.05) is 0 Å². The van der Waals surface area contributed by atoms with Gasteiger partial charge in [-0.3, -0.25) is 14.2 Å². The van der Waals surface area contributed by atoms with E-state index in [4.69, 9.17) is 4.74 Å². The van der Waals surface area contributed by atoms with Crippen molar-refractivity contribution in [3.63, 3.8) is 0 Å². The molecule has 0 atom stereocenters. The Hall–Kier alpha value is -3.55. The van der Waals surface area contributed by atoms with Crippen molar-refractivity contribution in [1.82, 2.24) is 9.55 Å². The van der Waals surface area contributed by atoms with Crippen LogP contribution >= 0.6 is 0 Å². The van der Waals surface area contributed by atoms with E-state index in [0.29, 0.717) is 28.8 Å². The summed E-state index contributed by atoms with van der Waals surface area (Å²) >= 11 is 0. The van der Waals surface area contributed by atoms with Gasteiger partial charge in [0.25, 0.3) is 11.5 Å². The first kappa shape index (κ1) is 18.8. The Balaban J connectivity index is 1.45. The monoisotopic (exact) mass is 395 g/mol. The highest BCUT2D eigenvalue weighted by atomic mass is 19.1. The number of fused-ring (bicyclic) bond motifs is 2. The second-order valence-corrected chi connectivity index (χ2v) is 6.91. The van der Waals surface area contributed by atoms with Crippen LogP contribution in [0.1, 0.15) is 28.2 Å². The van der Waals surface area contributed by atoms with E-state index in [1.165, 1.54) is 18.2 Å². The quantitative estimate of drug-likeness (QED) is 0.686. The van der Waals surface area contributed by atoms with E-state index < -0.39 is 24.3 Å². The van der Waals surface area contributed by atoms with Crippen LogP contribution in [0, 0.1) is 12.7 Å². The van der Waals surface area contributed by atoms with Crippen LogP contribution in [0.5, 0.6) is 0 Å². The molecule has 8 heteroatoms. The molecule has 3 aromatic rings. The van der Waals surface area contributed by atoms with Crippen molar-refractivity contribution < 1.29 is 18.7 Å². The second kappa shape index (κ2) is 7.46. The van der Waals surface area contributed by atoms with Crippen molar-refractivity contribution in [3.05, 3.63) is 69.5 Å². The number of aryl methyl sites for hydroxylation is 2. The smallest absolute Gasteiger partial charge is 0.338 e. The highest BCUT2D eigenvalue weighted by molar-refractivity contribution is 5.97. The summed E-state index contributed by atoms with van der Waals surface area (Å²) in [5, 5.41) is 2.91. The lowest BCUT2D eigenvalue weighted by Crippen LogP contribution is -2.22. The first-order valence-electron chi connectivity index (χ1n) is 9.19. The molecule has 1 N–H and O–H groups in total. The number of amides is 1. The largest absolute Gasteiger partial charge is 0.452 e. The number of esters is 1. The third kappa shape index (κ3) is 3.73. The van der Waals surface area contributed by atoms with Gasteiger partial charge < -0.3 is 10.1 Å². The number of nitrogens with zero attached hydrogens (tertiary/aromatic N) is 2. The molecule has 7 nitrogen and oxygen atoms in total. The number of benzene rings is 2. The average molecular weight is 395 g/mol. The predicted octanol–water partition coefficient (Wildman–Crippen LogP) is 2.59. The Morgan fingerprint density at radius 2 is 2.07 bits per heavy atom. The molecule has 0 aliphatic carbocycles. The van der Waals surface area contributed by atoms with Crippen molar-refractivity contribution in [2.24, 2.45) is 0 Å². The summed E-state index contributed by atoms with van der Waals surface area (Å²) in [6.45, 7) is 1.75. The third-order valence-corrected chi connectivity index (χ3v) is 4.84. The summed E-state index contributed by atoms with van der Waals surface area (Å²) in [5.74, 6) is -1.03. The number of carbonyl (C=O) groups is 2. The lowest BCUT2D eigenvalue weighted by Gasteiger charge is -2.09. The minimum atomic E-state index is -0.709. The average Bonchev–Trinajstić information content (AvgIpc) is 3.17. The number of nitrogens with one attached hydrogen (secondary N) is 1. The lowest BCUT2D eigenvalue weighted by atomic mass is 10.1. The van der Waals surface area contributed by atoms with E-state index in [9.17, 15) is 18.8 Å². The number of carbonyl (C=O) groups excluding carboxylic acids is 2. The lowest BCUT2D eigenvalue weighted by molar-refractivity contribution is -0.119. The molecule has 0 spiro atoms. The molecule has 0 saturated heterocycles. The van der Waals surface area contributed by atoms with Gasteiger partial charge in [-0.25, -0.2) is 14.2 Å². The number of rotatable bonds is 4. The van der Waals surface area contributed by atoms with Crippen LogP contribution in [0.3, 0.4) is 0 Å². The van der Waals surface area contributed by atoms with Gasteiger partial charge in [0.1, 0.15) is 11.6 Å². The van der Waals surface area contributed by atoms with E-state index in [2.05, 4.69) is 10.3 Å². The maximum Gasteiger partial charge on any atom is 0.338 e. The highest BCUT2D eigenvalue weighted by Gasteiger charge is 2.18. The van der Waals surface area contributed by atoms with Gasteiger partial charge in [-0.05, 0) is 49.2 Å². The summed E-state index contributed by atoms with van der Waals surface area (Å²) < 4.78 is 20.2. The first-order valence-corrected chi connectivity index (χ1v) is 9.19. The molecule has 0 unspecified atom stereocenters. The minimum Gasteiger partial charge on any atom is -0.452 e. The van der Waals surface area contributed by atoms with Gasteiger partial charge in [0.15, 0.2) is 6.61 Å². The SMILES string of the molecule is Cc1ccc(NC(=O)COC(=O)c2ccc3c(=O)n4c(nc3c2)CCC4)cc1F. The van der Waals surface area contributed by atoms with Crippen LogP contribution in [0.2, 0.25) is 0 Å². The number of anilines is 1. The Kier molecular flexibility index (Phi) is 4.84. The molecule has 1 aliphatic heterocycles. The third-order valence-electron chi connectivity index (χ3n) is 4.84. The van der Waals surface area contributed by atoms with E-state index >= 15 is 0 Å². The maximum atomic E-state index is 13.5. The van der Waals surface area contributed by atoms with Crippen LogP contribution in [0.15, 0.2) is 41.2 Å². The van der Waals surface area contributed by atoms with Gasteiger partial charge in [0.05, 0.1) is 16.5 Å². The summed E-state index contributed by atoms with van der Waals surface area (Å²) in [4.78, 5) is 41.2. The Morgan fingerprint density at radius 3 is 2.86 bits per heavy atom. The van der Waals surface area contributed by atoms with Gasteiger partial charge in [0.2, 0.25) is 0 Å². The number of ether oxygens (including phenoxy) is 1. The number of halogens is 1. The van der Waals surface area contributed by atoms with Crippen molar-refractivity contribution >= 4 is 28.5 Å². The number of hydrogen-bond acceptors (Lipinski definition) is 5. The molecule has 4 rings (SSSR count). The summed E-state index contributed by atoms with van der Waals surface area (Å²) in [5.41, 5.74) is 1.24. The van der Waals surface area contributed by atoms with Crippen molar-refractivity contribution in [3.8, 4) is 0 Å². The molecule has 29 heavy (non-hydrogen) atoms. The van der Waals surface area contributed by atoms with Crippen molar-refractivity contribution in [2.75, 3.05) is 11.9 Å². The zero-order valence-corrected chi connectivity index (χ0v) is 15.7. The molecule has 0 fully saturated rings. The fourth-order valence-corrected chi connectivity index (χ4v) is 3.29. The second-order valence-electron chi connectivity index (χ2n) is 6.91. The zero-order chi connectivity index (χ0) is 20.5. The fourth-order valence-electron chi connectivity index (χ4n) is 3.29. The molecule has 2 aromatic carbocycles. The number of hydrogen-bond donors (Lipinski definition) is 1. The van der Waals surface area contributed by atoms with Crippen molar-refractivity contribution in [2.45, 2.75) is 26.3 Å².